The standard InChI is InChI=1S/C30H22BrFN2O5S/c1-38-25-13-21(24(31)15-26(25)39-17-18-6-7-19-4-2-3-5-20(19)12-18)14-27-29(36)34(30(37)40-27)16-28(35)33-23-10-8-22(32)9-11-23/h2-15H,16-17H2,1H3,(H,33,35)/b27-14-. The first-order chi connectivity index (χ1) is 19.3. The van der Waals surface area contributed by atoms with Gasteiger partial charge < -0.3 is 14.8 Å². The average molecular weight is 621 g/mol. The fraction of sp³-hybridized carbons (Fsp3) is 0.100. The highest BCUT2D eigenvalue weighted by atomic mass is 79.9. The maximum Gasteiger partial charge on any atom is 0.294 e. The zero-order valence-electron chi connectivity index (χ0n) is 21.1. The van der Waals surface area contributed by atoms with Crippen molar-refractivity contribution >= 4 is 67.3 Å². The summed E-state index contributed by atoms with van der Waals surface area (Å²) in [5.41, 5.74) is 1.95. The normalized spacial score (nSPS) is 14.2. The topological polar surface area (TPSA) is 84.9 Å². The molecule has 7 nitrogen and oxygen atoms in total. The number of rotatable bonds is 8. The highest BCUT2D eigenvalue weighted by Crippen LogP contribution is 2.38. The number of thioether (sulfide) groups is 1. The first-order valence-corrected chi connectivity index (χ1v) is 13.7. The second-order valence-electron chi connectivity index (χ2n) is 8.82. The van der Waals surface area contributed by atoms with Crippen LogP contribution in [0.25, 0.3) is 16.8 Å². The van der Waals surface area contributed by atoms with Gasteiger partial charge >= 0.3 is 0 Å². The van der Waals surface area contributed by atoms with Crippen molar-refractivity contribution in [1.82, 2.24) is 4.90 Å². The van der Waals surface area contributed by atoms with Gasteiger partial charge in [0.1, 0.15) is 19.0 Å². The van der Waals surface area contributed by atoms with Crippen LogP contribution < -0.4 is 14.8 Å². The minimum Gasteiger partial charge on any atom is -0.493 e. The van der Waals surface area contributed by atoms with E-state index < -0.39 is 29.4 Å². The molecule has 1 aliphatic heterocycles. The monoisotopic (exact) mass is 620 g/mol. The molecule has 3 amide bonds. The van der Waals surface area contributed by atoms with Gasteiger partial charge in [-0.2, -0.15) is 0 Å². The second kappa shape index (κ2) is 11.9. The molecular weight excluding hydrogens is 599 g/mol. The lowest BCUT2D eigenvalue weighted by molar-refractivity contribution is -0.127. The molecule has 0 aromatic heterocycles. The number of nitrogens with zero attached hydrogens (tertiary/aromatic N) is 1. The van der Waals surface area contributed by atoms with Crippen molar-refractivity contribution in [3.8, 4) is 11.5 Å². The Labute approximate surface area is 242 Å². The summed E-state index contributed by atoms with van der Waals surface area (Å²) in [7, 11) is 1.52. The van der Waals surface area contributed by atoms with E-state index in [1.165, 1.54) is 31.4 Å². The summed E-state index contributed by atoms with van der Waals surface area (Å²) in [5.74, 6) is -0.655. The molecule has 202 valence electrons. The summed E-state index contributed by atoms with van der Waals surface area (Å²) in [6, 6.07) is 22.8. The molecule has 4 aromatic rings. The van der Waals surface area contributed by atoms with Crippen LogP contribution in [0.3, 0.4) is 0 Å². The smallest absolute Gasteiger partial charge is 0.294 e. The third-order valence-corrected chi connectivity index (χ3v) is 7.68. The molecule has 10 heteroatoms. The average Bonchev–Trinajstić information content (AvgIpc) is 3.21. The Hall–Kier alpha value is -4.15. The van der Waals surface area contributed by atoms with Crippen LogP contribution in [0.1, 0.15) is 11.1 Å². The van der Waals surface area contributed by atoms with Crippen molar-refractivity contribution in [2.24, 2.45) is 0 Å². The van der Waals surface area contributed by atoms with Crippen molar-refractivity contribution in [2.45, 2.75) is 6.61 Å². The van der Waals surface area contributed by atoms with E-state index in [-0.39, 0.29) is 4.91 Å². The number of fused-ring (bicyclic) bond motifs is 1. The van der Waals surface area contributed by atoms with Crippen LogP contribution >= 0.6 is 27.7 Å². The van der Waals surface area contributed by atoms with Crippen LogP contribution in [-0.4, -0.2) is 35.6 Å². The zero-order valence-corrected chi connectivity index (χ0v) is 23.6. The van der Waals surface area contributed by atoms with Gasteiger partial charge in [-0.3, -0.25) is 19.3 Å². The highest BCUT2D eigenvalue weighted by Gasteiger charge is 2.36. The Morgan fingerprint density at radius 2 is 1.75 bits per heavy atom. The number of ether oxygens (including phenoxy) is 2. The molecule has 4 aromatic carbocycles. The molecule has 0 spiro atoms. The molecule has 0 saturated carbocycles. The predicted molar refractivity (Wildman–Crippen MR) is 157 cm³/mol. The summed E-state index contributed by atoms with van der Waals surface area (Å²) in [4.78, 5) is 38.9. The molecule has 5 rings (SSSR count). The Morgan fingerprint density at radius 1 is 1.00 bits per heavy atom. The maximum atomic E-state index is 13.1. The predicted octanol–water partition coefficient (Wildman–Crippen LogP) is 7.00. The quantitative estimate of drug-likeness (QED) is 0.213. The number of hydrogen-bond acceptors (Lipinski definition) is 6. The molecule has 1 saturated heterocycles. The minimum absolute atomic E-state index is 0.159. The first-order valence-electron chi connectivity index (χ1n) is 12.1. The molecule has 1 fully saturated rings. The van der Waals surface area contributed by atoms with Crippen molar-refractivity contribution in [3.05, 3.63) is 105 Å². The molecule has 0 unspecified atom stereocenters. The van der Waals surface area contributed by atoms with E-state index in [2.05, 4.69) is 33.4 Å². The molecule has 0 aliphatic carbocycles. The van der Waals surface area contributed by atoms with Crippen LogP contribution in [0, 0.1) is 5.82 Å². The number of benzene rings is 4. The Morgan fingerprint density at radius 3 is 2.50 bits per heavy atom. The van der Waals surface area contributed by atoms with Gasteiger partial charge in [0, 0.05) is 10.2 Å². The zero-order chi connectivity index (χ0) is 28.2. The van der Waals surface area contributed by atoms with Crippen molar-refractivity contribution in [1.29, 1.82) is 0 Å². The minimum atomic E-state index is -0.591. The van der Waals surface area contributed by atoms with Gasteiger partial charge in [0.15, 0.2) is 11.5 Å². The van der Waals surface area contributed by atoms with Gasteiger partial charge in [-0.05, 0) is 82.2 Å². The third kappa shape index (κ3) is 6.19. The lowest BCUT2D eigenvalue weighted by Crippen LogP contribution is -2.36. The van der Waals surface area contributed by atoms with Crippen LogP contribution in [0.15, 0.2) is 88.2 Å². The van der Waals surface area contributed by atoms with Crippen LogP contribution in [0.4, 0.5) is 14.9 Å². The Balaban J connectivity index is 1.28. The van der Waals surface area contributed by atoms with Gasteiger partial charge in [0.2, 0.25) is 5.91 Å². The largest absolute Gasteiger partial charge is 0.493 e. The Bertz CT molecular complexity index is 1660. The summed E-state index contributed by atoms with van der Waals surface area (Å²) in [6.45, 7) is -0.142. The van der Waals surface area contributed by atoms with Gasteiger partial charge in [-0.25, -0.2) is 4.39 Å². The fourth-order valence-electron chi connectivity index (χ4n) is 4.08. The van der Waals surface area contributed by atoms with Gasteiger partial charge in [-0.15, -0.1) is 0 Å². The number of hydrogen-bond donors (Lipinski definition) is 1. The molecular formula is C30H22BrFN2O5S. The van der Waals surface area contributed by atoms with Crippen molar-refractivity contribution in [3.63, 3.8) is 0 Å². The lowest BCUT2D eigenvalue weighted by Gasteiger charge is -2.14. The molecule has 0 atom stereocenters. The van der Waals surface area contributed by atoms with Crippen LogP contribution in [-0.2, 0) is 16.2 Å². The molecule has 1 heterocycles. The number of imide groups is 1. The SMILES string of the molecule is COc1cc(/C=C2\SC(=O)N(CC(=O)Nc3ccc(F)cc3)C2=O)c(Br)cc1OCc1ccc2ccccc2c1. The maximum absolute atomic E-state index is 13.1. The second-order valence-corrected chi connectivity index (χ2v) is 10.7. The van der Waals surface area contributed by atoms with E-state index in [4.69, 9.17) is 9.47 Å². The number of carbonyl (C=O) groups is 3. The molecule has 0 bridgehead atoms. The Kier molecular flexibility index (Phi) is 8.18. The first kappa shape index (κ1) is 27.4. The van der Waals surface area contributed by atoms with E-state index in [1.807, 2.05) is 30.3 Å². The van der Waals surface area contributed by atoms with Crippen molar-refractivity contribution < 1.29 is 28.2 Å². The molecule has 1 N–H and O–H groups in total. The summed E-state index contributed by atoms with van der Waals surface area (Å²) >= 11 is 4.26. The lowest BCUT2D eigenvalue weighted by atomic mass is 10.1. The van der Waals surface area contributed by atoms with E-state index in [9.17, 15) is 18.8 Å². The van der Waals surface area contributed by atoms with E-state index in [0.717, 1.165) is 33.0 Å². The van der Waals surface area contributed by atoms with Gasteiger partial charge in [0.25, 0.3) is 11.1 Å². The summed E-state index contributed by atoms with van der Waals surface area (Å²) in [5, 5.41) is 4.25. The molecule has 1 aliphatic rings. The third-order valence-electron chi connectivity index (χ3n) is 6.08. The van der Waals surface area contributed by atoms with E-state index in [1.54, 1.807) is 18.2 Å². The van der Waals surface area contributed by atoms with Crippen LogP contribution in [0.5, 0.6) is 11.5 Å². The fourth-order valence-corrected chi connectivity index (χ4v) is 5.34. The van der Waals surface area contributed by atoms with E-state index >= 15 is 0 Å². The number of methoxy groups -OCH3 is 1. The summed E-state index contributed by atoms with van der Waals surface area (Å²) in [6.07, 6.45) is 1.56. The van der Waals surface area contributed by atoms with Gasteiger partial charge in [0.05, 0.1) is 12.0 Å². The number of anilines is 1. The van der Waals surface area contributed by atoms with Gasteiger partial charge in [-0.1, -0.05) is 52.3 Å². The molecule has 40 heavy (non-hydrogen) atoms. The number of halogens is 2. The van der Waals surface area contributed by atoms with Crippen molar-refractivity contribution in [2.75, 3.05) is 19.0 Å². The van der Waals surface area contributed by atoms with E-state index in [0.29, 0.717) is 33.8 Å². The number of carbonyl (C=O) groups excluding carboxylic acids is 3. The van der Waals surface area contributed by atoms with Crippen LogP contribution in [0.2, 0.25) is 0 Å². The number of amides is 3. The highest BCUT2D eigenvalue weighted by molar-refractivity contribution is 9.10. The molecule has 0 radical (unpaired) electrons. The summed E-state index contributed by atoms with van der Waals surface area (Å²) < 4.78 is 25.3. The number of nitrogens with one attached hydrogen (secondary N) is 1.